The van der Waals surface area contributed by atoms with Crippen LogP contribution in [0.4, 0.5) is 0 Å². The molecular weight excluding hydrogens is 194 g/mol. The van der Waals surface area contributed by atoms with E-state index in [2.05, 4.69) is 0 Å². The molecule has 3 N–H and O–H groups in total. The average Bonchev–Trinajstić information content (AvgIpc) is 2.93. The molecule has 0 heterocycles. The van der Waals surface area contributed by atoms with Gasteiger partial charge in [0.1, 0.15) is 11.3 Å². The van der Waals surface area contributed by atoms with E-state index in [0.29, 0.717) is 6.42 Å². The molecular formula is C11H13NO3. The lowest BCUT2D eigenvalue weighted by molar-refractivity contribution is -0.139. The van der Waals surface area contributed by atoms with Crippen molar-refractivity contribution in [3.8, 4) is 5.75 Å². The highest BCUT2D eigenvalue weighted by Gasteiger charge is 2.58. The second kappa shape index (κ2) is 3.24. The minimum Gasteiger partial charge on any atom is -0.497 e. The molecule has 1 aromatic carbocycles. The standard InChI is InChI=1S/C11H13NO3/c1-15-8-4-2-7(3-5-8)9-6-11(9,12)10(13)14/h2-5,9H,6,12H2,1H3,(H,13,14)/t9-,11+/m0/s1. The molecule has 0 saturated heterocycles. The summed E-state index contributed by atoms with van der Waals surface area (Å²) in [5.74, 6) is -0.235. The third-order valence-electron chi connectivity index (χ3n) is 2.92. The highest BCUT2D eigenvalue weighted by atomic mass is 16.5. The van der Waals surface area contributed by atoms with Crippen LogP contribution in [-0.4, -0.2) is 23.7 Å². The minimum absolute atomic E-state index is 0.0686. The van der Waals surface area contributed by atoms with Gasteiger partial charge in [0.2, 0.25) is 0 Å². The van der Waals surface area contributed by atoms with Gasteiger partial charge in [-0.15, -0.1) is 0 Å². The number of nitrogens with two attached hydrogens (primary N) is 1. The molecule has 1 aliphatic carbocycles. The maximum absolute atomic E-state index is 10.8. The van der Waals surface area contributed by atoms with Crippen LogP contribution < -0.4 is 10.5 Å². The van der Waals surface area contributed by atoms with E-state index in [0.717, 1.165) is 11.3 Å². The van der Waals surface area contributed by atoms with Gasteiger partial charge in [-0.3, -0.25) is 4.79 Å². The molecule has 15 heavy (non-hydrogen) atoms. The molecule has 0 spiro atoms. The molecule has 4 nitrogen and oxygen atoms in total. The Balaban J connectivity index is 2.16. The molecule has 0 aliphatic heterocycles. The fraction of sp³-hybridized carbons (Fsp3) is 0.364. The zero-order valence-electron chi connectivity index (χ0n) is 8.43. The number of carbonyl (C=O) groups is 1. The summed E-state index contributed by atoms with van der Waals surface area (Å²) in [5.41, 5.74) is 5.60. The van der Waals surface area contributed by atoms with Gasteiger partial charge in [-0.05, 0) is 24.1 Å². The summed E-state index contributed by atoms with van der Waals surface area (Å²) in [6.07, 6.45) is 0.509. The highest BCUT2D eigenvalue weighted by Crippen LogP contribution is 2.49. The van der Waals surface area contributed by atoms with Crippen molar-refractivity contribution in [2.75, 3.05) is 7.11 Å². The summed E-state index contributed by atoms with van der Waals surface area (Å²) in [7, 11) is 1.59. The van der Waals surface area contributed by atoms with Gasteiger partial charge >= 0.3 is 5.97 Å². The van der Waals surface area contributed by atoms with Crippen molar-refractivity contribution < 1.29 is 14.6 Å². The van der Waals surface area contributed by atoms with Gasteiger partial charge in [-0.25, -0.2) is 0 Å². The Morgan fingerprint density at radius 2 is 2.13 bits per heavy atom. The normalized spacial score (nSPS) is 28.5. The van der Waals surface area contributed by atoms with Crippen molar-refractivity contribution in [3.05, 3.63) is 29.8 Å². The van der Waals surface area contributed by atoms with Crippen LogP contribution in [0.2, 0.25) is 0 Å². The topological polar surface area (TPSA) is 72.5 Å². The fourth-order valence-corrected chi connectivity index (χ4v) is 1.77. The van der Waals surface area contributed by atoms with Gasteiger partial charge in [-0.2, -0.15) is 0 Å². The molecule has 0 aromatic heterocycles. The maximum Gasteiger partial charge on any atom is 0.324 e. The lowest BCUT2D eigenvalue weighted by Crippen LogP contribution is -2.34. The Hall–Kier alpha value is -1.55. The van der Waals surface area contributed by atoms with Crippen molar-refractivity contribution in [2.24, 2.45) is 5.73 Å². The first kappa shape index (κ1) is 9.98. The Morgan fingerprint density at radius 3 is 2.53 bits per heavy atom. The van der Waals surface area contributed by atoms with Crippen LogP contribution in [0.1, 0.15) is 17.9 Å². The molecule has 1 fully saturated rings. The largest absolute Gasteiger partial charge is 0.497 e. The van der Waals surface area contributed by atoms with Crippen molar-refractivity contribution >= 4 is 5.97 Å². The molecule has 0 bridgehead atoms. The second-order valence-corrected chi connectivity index (χ2v) is 3.88. The molecule has 4 heteroatoms. The summed E-state index contributed by atoms with van der Waals surface area (Å²) < 4.78 is 5.02. The summed E-state index contributed by atoms with van der Waals surface area (Å²) in [4.78, 5) is 10.8. The van der Waals surface area contributed by atoms with Crippen LogP contribution >= 0.6 is 0 Å². The molecule has 0 amide bonds. The van der Waals surface area contributed by atoms with Crippen molar-refractivity contribution in [2.45, 2.75) is 17.9 Å². The minimum atomic E-state index is -1.06. The average molecular weight is 207 g/mol. The van der Waals surface area contributed by atoms with E-state index in [-0.39, 0.29) is 5.92 Å². The van der Waals surface area contributed by atoms with Gasteiger partial charge < -0.3 is 15.6 Å². The molecule has 2 rings (SSSR count). The van der Waals surface area contributed by atoms with Crippen LogP contribution in [0.25, 0.3) is 0 Å². The summed E-state index contributed by atoms with van der Waals surface area (Å²) in [5, 5.41) is 8.90. The number of benzene rings is 1. The quantitative estimate of drug-likeness (QED) is 0.774. The first-order valence-corrected chi connectivity index (χ1v) is 4.74. The number of rotatable bonds is 3. The Kier molecular flexibility index (Phi) is 2.16. The van der Waals surface area contributed by atoms with E-state index in [1.165, 1.54) is 0 Å². The SMILES string of the molecule is COc1ccc([C@@H]2C[C@]2(N)C(=O)O)cc1. The second-order valence-electron chi connectivity index (χ2n) is 3.88. The van der Waals surface area contributed by atoms with Crippen LogP contribution in [0, 0.1) is 0 Å². The van der Waals surface area contributed by atoms with Gasteiger partial charge in [-0.1, -0.05) is 12.1 Å². The molecule has 0 unspecified atom stereocenters. The number of hydrogen-bond donors (Lipinski definition) is 2. The number of aliphatic carboxylic acids is 1. The van der Waals surface area contributed by atoms with Gasteiger partial charge in [0.05, 0.1) is 7.11 Å². The van der Waals surface area contributed by atoms with Crippen LogP contribution in [0.3, 0.4) is 0 Å². The van der Waals surface area contributed by atoms with Gasteiger partial charge in [0.25, 0.3) is 0 Å². The molecule has 80 valence electrons. The Labute approximate surface area is 87.7 Å². The van der Waals surface area contributed by atoms with Crippen LogP contribution in [0.5, 0.6) is 5.75 Å². The number of ether oxygens (including phenoxy) is 1. The van der Waals surface area contributed by atoms with Gasteiger partial charge in [0, 0.05) is 5.92 Å². The molecule has 1 aromatic rings. The summed E-state index contributed by atoms with van der Waals surface area (Å²) in [6, 6.07) is 7.36. The molecule has 1 aliphatic rings. The van der Waals surface area contributed by atoms with Gasteiger partial charge in [0.15, 0.2) is 0 Å². The van der Waals surface area contributed by atoms with E-state index in [4.69, 9.17) is 15.6 Å². The third kappa shape index (κ3) is 1.57. The third-order valence-corrected chi connectivity index (χ3v) is 2.92. The Morgan fingerprint density at radius 1 is 1.53 bits per heavy atom. The zero-order chi connectivity index (χ0) is 11.1. The molecule has 0 radical (unpaired) electrons. The number of carboxylic acid groups (broad SMARTS) is 1. The fourth-order valence-electron chi connectivity index (χ4n) is 1.77. The first-order valence-electron chi connectivity index (χ1n) is 4.74. The maximum atomic E-state index is 10.8. The van der Waals surface area contributed by atoms with Crippen LogP contribution in [-0.2, 0) is 4.79 Å². The lowest BCUT2D eigenvalue weighted by Gasteiger charge is -2.06. The van der Waals surface area contributed by atoms with E-state index in [1.54, 1.807) is 7.11 Å². The van der Waals surface area contributed by atoms with Crippen molar-refractivity contribution in [3.63, 3.8) is 0 Å². The number of hydrogen-bond acceptors (Lipinski definition) is 3. The van der Waals surface area contributed by atoms with E-state index >= 15 is 0 Å². The summed E-state index contributed by atoms with van der Waals surface area (Å²) in [6.45, 7) is 0. The van der Waals surface area contributed by atoms with Crippen LogP contribution in [0.15, 0.2) is 24.3 Å². The monoisotopic (exact) mass is 207 g/mol. The summed E-state index contributed by atoms with van der Waals surface area (Å²) >= 11 is 0. The highest BCUT2D eigenvalue weighted by molar-refractivity contribution is 5.84. The molecule has 1 saturated carbocycles. The predicted octanol–water partition coefficient (Wildman–Crippen LogP) is 0.965. The smallest absolute Gasteiger partial charge is 0.324 e. The van der Waals surface area contributed by atoms with E-state index in [1.807, 2.05) is 24.3 Å². The van der Waals surface area contributed by atoms with Crippen molar-refractivity contribution in [1.82, 2.24) is 0 Å². The predicted molar refractivity (Wildman–Crippen MR) is 54.9 cm³/mol. The molecule has 2 atom stereocenters. The van der Waals surface area contributed by atoms with E-state index < -0.39 is 11.5 Å². The zero-order valence-corrected chi connectivity index (χ0v) is 8.43. The van der Waals surface area contributed by atoms with E-state index in [9.17, 15) is 4.79 Å². The van der Waals surface area contributed by atoms with Crippen molar-refractivity contribution in [1.29, 1.82) is 0 Å². The lowest BCUT2D eigenvalue weighted by atomic mass is 10.1. The first-order chi connectivity index (χ1) is 7.08. The Bertz CT molecular complexity index is 387. The number of methoxy groups -OCH3 is 1. The number of carboxylic acids is 1.